The van der Waals surface area contributed by atoms with Gasteiger partial charge in [0.25, 0.3) is 0 Å². The van der Waals surface area contributed by atoms with E-state index in [0.29, 0.717) is 115 Å². The number of hydrogen-bond acceptors (Lipinski definition) is 27. The molecule has 696 valence electrons. The van der Waals surface area contributed by atoms with Crippen LogP contribution in [0.1, 0.15) is 198 Å². The molecule has 7 aromatic carbocycles. The predicted molar refractivity (Wildman–Crippen MR) is 529 cm³/mol. The molecular weight excluding hydrogens is 1700 g/mol. The molecule has 15 rings (SSSR count). The molecule has 4 aliphatic rings. The number of methoxy groups -OCH3 is 2. The summed E-state index contributed by atoms with van der Waals surface area (Å²) in [6.07, 6.45) is 12.4. The highest BCUT2D eigenvalue weighted by molar-refractivity contribution is 8.01. The molecule has 9 N–H and O–H groups in total. The molecule has 4 aromatic heterocycles. The van der Waals surface area contributed by atoms with Gasteiger partial charge in [-0.3, -0.25) is 4.21 Å². The lowest BCUT2D eigenvalue weighted by Gasteiger charge is -2.33. The number of H-pyrrole nitrogens is 1. The summed E-state index contributed by atoms with van der Waals surface area (Å²) in [6.45, 7) is 34.2. The van der Waals surface area contributed by atoms with Gasteiger partial charge in [0.05, 0.1) is 104 Å². The molecule has 1 unspecified atom stereocenters. The van der Waals surface area contributed by atoms with Gasteiger partial charge in [0.15, 0.2) is 42.6 Å². The van der Waals surface area contributed by atoms with Crippen molar-refractivity contribution in [3.63, 3.8) is 0 Å². The number of aromatic amines is 1. The van der Waals surface area contributed by atoms with E-state index in [1.54, 1.807) is 90.7 Å². The van der Waals surface area contributed by atoms with Crippen molar-refractivity contribution in [3.05, 3.63) is 167 Å². The van der Waals surface area contributed by atoms with Gasteiger partial charge in [0, 0.05) is 44.4 Å². The molecular formula is C99H132N18O10S3. The summed E-state index contributed by atoms with van der Waals surface area (Å²) in [6, 6.07) is 38.6. The number of fused-ring (bicyclic) bond motifs is 3. The topological polar surface area (TPSA) is 340 Å². The number of hydrogen-bond donors (Lipinski definition) is 9. The van der Waals surface area contributed by atoms with E-state index in [1.807, 2.05) is 97.9 Å². The fourth-order valence-corrected chi connectivity index (χ4v) is 20.9. The third kappa shape index (κ3) is 22.7. The van der Waals surface area contributed by atoms with E-state index >= 15 is 0 Å². The minimum Gasteiger partial charge on any atom is -0.493 e. The Morgan fingerprint density at radius 2 is 0.892 bits per heavy atom. The number of para-hydroxylation sites is 3. The lowest BCUT2D eigenvalue weighted by Crippen LogP contribution is -2.31. The van der Waals surface area contributed by atoms with Crippen molar-refractivity contribution in [3.8, 4) is 28.7 Å². The van der Waals surface area contributed by atoms with E-state index in [4.69, 9.17) is 48.6 Å². The van der Waals surface area contributed by atoms with Crippen molar-refractivity contribution < 1.29 is 44.7 Å². The number of anilines is 13. The van der Waals surface area contributed by atoms with E-state index in [2.05, 4.69) is 151 Å². The number of imidazole rings is 1. The third-order valence-corrected chi connectivity index (χ3v) is 31.6. The molecule has 0 bridgehead atoms. The smallest absolute Gasteiger partial charge is 0.231 e. The first-order valence-electron chi connectivity index (χ1n) is 45.5. The molecule has 3 fully saturated rings. The molecule has 1 aliphatic carbocycles. The Balaban J connectivity index is 0.000000166. The zero-order valence-electron chi connectivity index (χ0n) is 79.0. The quantitative estimate of drug-likeness (QED) is 0.0189. The van der Waals surface area contributed by atoms with Crippen LogP contribution in [0.15, 0.2) is 142 Å². The van der Waals surface area contributed by atoms with E-state index < -0.39 is 39.7 Å². The number of piperidine rings is 2. The Hall–Kier alpha value is -11.1. The van der Waals surface area contributed by atoms with Gasteiger partial charge in [-0.15, -0.1) is 0 Å². The number of aromatic nitrogens is 8. The van der Waals surface area contributed by atoms with Gasteiger partial charge in [-0.05, 0) is 337 Å². The largest absolute Gasteiger partial charge is 0.493 e. The second kappa shape index (κ2) is 42.0. The van der Waals surface area contributed by atoms with E-state index in [9.17, 15) is 21.0 Å². The van der Waals surface area contributed by atoms with Crippen molar-refractivity contribution >= 4 is 132 Å². The molecule has 31 heteroatoms. The molecule has 11 aromatic rings. The van der Waals surface area contributed by atoms with Crippen LogP contribution < -0.4 is 66.2 Å². The first-order chi connectivity index (χ1) is 62.0. The molecule has 28 nitrogen and oxygen atoms in total. The number of nitrogens with one attached hydrogen (secondary N) is 9. The Bertz CT molecular complexity index is 6180. The maximum Gasteiger partial charge on any atom is 0.231 e. The highest BCUT2D eigenvalue weighted by Gasteiger charge is 2.32. The van der Waals surface area contributed by atoms with Crippen LogP contribution >= 0.6 is 0 Å². The lowest BCUT2D eigenvalue weighted by atomic mass is 9.80. The summed E-state index contributed by atoms with van der Waals surface area (Å²) < 4.78 is 96.3. The average molecular weight is 1830 g/mol. The van der Waals surface area contributed by atoms with Crippen LogP contribution in [-0.4, -0.2) is 185 Å². The van der Waals surface area contributed by atoms with Crippen LogP contribution in [0.5, 0.6) is 28.7 Å². The Kier molecular flexibility index (Phi) is 31.2. The fourth-order valence-electron chi connectivity index (χ4n) is 17.2. The van der Waals surface area contributed by atoms with Crippen molar-refractivity contribution in [1.82, 2.24) is 55.0 Å². The Labute approximate surface area is 768 Å². The van der Waals surface area contributed by atoms with Gasteiger partial charge in [0.2, 0.25) is 17.8 Å². The number of likely N-dealkylation sites (tertiary alicyclic amines) is 1. The summed E-state index contributed by atoms with van der Waals surface area (Å²) in [7, 11) is 0.0867. The third-order valence-electron chi connectivity index (χ3n) is 24.5. The number of sulfone groups is 2. The predicted octanol–water partition coefficient (Wildman–Crippen LogP) is 20.3. The minimum atomic E-state index is -3.54. The van der Waals surface area contributed by atoms with Crippen LogP contribution in [-0.2, 0) is 35.6 Å². The number of aryl methyl sites for hydroxylation is 3. The number of benzene rings is 7. The second-order valence-corrected chi connectivity index (χ2v) is 44.0. The van der Waals surface area contributed by atoms with Crippen LogP contribution in [0.3, 0.4) is 0 Å². The molecule has 1 atom stereocenters. The zero-order chi connectivity index (χ0) is 93.2. The molecule has 0 amide bonds. The molecule has 0 radical (unpaired) electrons. The molecule has 0 spiro atoms. The zero-order valence-corrected chi connectivity index (χ0v) is 81.5. The van der Waals surface area contributed by atoms with Gasteiger partial charge in [-0.25, -0.2) is 26.8 Å². The van der Waals surface area contributed by atoms with Crippen molar-refractivity contribution in [2.24, 2.45) is 0 Å². The summed E-state index contributed by atoms with van der Waals surface area (Å²) in [4.78, 5) is 42.2. The molecule has 3 aliphatic heterocycles. The van der Waals surface area contributed by atoms with Crippen LogP contribution in [0.25, 0.3) is 22.1 Å². The highest BCUT2D eigenvalue weighted by Crippen LogP contribution is 2.46. The molecule has 2 saturated heterocycles. The van der Waals surface area contributed by atoms with Crippen molar-refractivity contribution in [1.29, 1.82) is 0 Å². The Morgan fingerprint density at radius 1 is 0.462 bits per heavy atom. The van der Waals surface area contributed by atoms with Gasteiger partial charge in [-0.2, -0.15) is 24.9 Å². The summed E-state index contributed by atoms with van der Waals surface area (Å²) in [5.74, 6) is 12.3. The second-order valence-electron chi connectivity index (χ2n) is 36.3. The Morgan fingerprint density at radius 3 is 1.38 bits per heavy atom. The van der Waals surface area contributed by atoms with Crippen molar-refractivity contribution in [2.75, 3.05) is 105 Å². The number of rotatable bonds is 30. The molecule has 1 saturated carbocycles. The van der Waals surface area contributed by atoms with E-state index in [0.717, 1.165) is 130 Å². The number of nitrogens with zero attached hydrogens (tertiary/aromatic N) is 9. The SMILES string of the molecule is C=S(=O)(c1ccccc1Nc1nc(Nc2cc(C)c(C3CCN(C)CC3)cc2OC(C)C)nc2cc(OC)c(OC)cc12)C(C)C.Cc1cc(Nc2nc(Nc3ccccc3S(=O)(=O)C(C)C)c3[nH]cnc3n2)c(OC(C)C)cc1C1CCC(N(C)C)CC1.Cc1cc(Nc2nc3c(c(Nc4ccccc4S(=O)(=O)C(C)C)n2)CCCN3)c(OC(C)C)cc1C1CCNCC1. The fraction of sp³-hybridized carbons (Fsp3) is 0.455. The summed E-state index contributed by atoms with van der Waals surface area (Å²) in [5.41, 5.74) is 14.1. The average Bonchev–Trinajstić information content (AvgIpc) is 1.08. The standard InChI is InChI=1S/C36H47N5O4S.C32H43N7O3S.C31H42N6O3S/c1-22(2)45-31-19-26(25-14-16-41(6)17-15-25)24(5)18-30(31)39-36-38-29-21-33(44-8)32(43-7)20-27(29)35(40-36)37-28-12-10-11-13-34(28)46(9,42)23(3)4;1-19(2)42-27-17-24(22-12-14-23(15-13-22)39(6)7)21(5)16-26(27)36-32-37-30-29(33-18-34-30)31(38-32)35-25-10-8-9-11-28(25)43(40,41)20(3)4;1-19(2)40-27-18-24(22-12-15-32-16-13-22)21(5)17-26(27)35-31-36-29-23(9-8-14-33-29)30(37-31)34-25-10-6-7-11-28(25)41(38,39)20(3)4/h10-13,18-23,25H,9,14-17H2,1-8H3,(H2,37,38,39,40);8-11,16-20,22-23H,12-15H2,1-7H3,(H3,33,34,35,36,37,38);6-7,10-11,17-20,22,32H,8-9,12-16H2,1-5H3,(H3,33,34,35,36,37). The van der Waals surface area contributed by atoms with Gasteiger partial charge in [0.1, 0.15) is 40.2 Å². The molecule has 130 heavy (non-hydrogen) atoms. The maximum atomic E-state index is 13.7. The lowest BCUT2D eigenvalue weighted by molar-refractivity contribution is 0.215. The minimum absolute atomic E-state index is 0.00174. The van der Waals surface area contributed by atoms with Crippen LogP contribution in [0.4, 0.5) is 75.2 Å². The molecule has 7 heterocycles. The normalized spacial score (nSPS) is 16.4. The van der Waals surface area contributed by atoms with E-state index in [1.165, 1.54) is 46.2 Å². The summed E-state index contributed by atoms with van der Waals surface area (Å²) >= 11 is 0. The van der Waals surface area contributed by atoms with Crippen LogP contribution in [0.2, 0.25) is 0 Å². The van der Waals surface area contributed by atoms with Crippen molar-refractivity contribution in [2.45, 2.75) is 241 Å². The summed E-state index contributed by atoms with van der Waals surface area (Å²) in [5, 5.41) is 26.6. The number of ether oxygens (including phenoxy) is 5. The monoisotopic (exact) mass is 1830 g/mol. The van der Waals surface area contributed by atoms with Gasteiger partial charge in [-0.1, -0.05) is 50.2 Å². The van der Waals surface area contributed by atoms with Crippen LogP contribution in [0, 0.1) is 20.8 Å². The first-order valence-corrected chi connectivity index (χ1v) is 50.4. The highest BCUT2D eigenvalue weighted by atomic mass is 32.2. The van der Waals surface area contributed by atoms with E-state index in [-0.39, 0.29) is 33.4 Å². The van der Waals surface area contributed by atoms with Gasteiger partial charge < -0.3 is 81.0 Å². The van der Waals surface area contributed by atoms with Gasteiger partial charge >= 0.3 is 0 Å². The maximum absolute atomic E-state index is 13.7. The first kappa shape index (κ1) is 96.5.